The Labute approximate surface area is 103 Å². The number of nitriles is 1. The van der Waals surface area contributed by atoms with Gasteiger partial charge in [-0.1, -0.05) is 19.3 Å². The van der Waals surface area contributed by atoms with Crippen molar-refractivity contribution in [2.75, 3.05) is 18.0 Å². The van der Waals surface area contributed by atoms with E-state index in [1.54, 1.807) is 0 Å². The Kier molecular flexibility index (Phi) is 3.98. The second-order valence-electron chi connectivity index (χ2n) is 4.69. The van der Waals surface area contributed by atoms with Crippen LogP contribution in [0.4, 0.5) is 5.82 Å². The quantitative estimate of drug-likeness (QED) is 0.743. The minimum Gasteiger partial charge on any atom is -0.356 e. The number of aromatic nitrogens is 1. The molecular formula is C14H19N3. The van der Waals surface area contributed by atoms with Gasteiger partial charge in [-0.15, -0.1) is 0 Å². The summed E-state index contributed by atoms with van der Waals surface area (Å²) in [7, 11) is 0. The van der Waals surface area contributed by atoms with Crippen molar-refractivity contribution >= 4 is 5.82 Å². The molecular weight excluding hydrogens is 210 g/mol. The van der Waals surface area contributed by atoms with Crippen LogP contribution in [0, 0.1) is 18.3 Å². The second kappa shape index (κ2) is 5.67. The molecule has 0 N–H and O–H groups in total. The Balaban J connectivity index is 2.24. The number of nitrogens with zero attached hydrogens (tertiary/aromatic N) is 3. The lowest BCUT2D eigenvalue weighted by atomic mass is 10.1. The third-order valence-corrected chi connectivity index (χ3v) is 3.29. The summed E-state index contributed by atoms with van der Waals surface area (Å²) in [5, 5.41) is 9.15. The molecule has 0 amide bonds. The molecule has 1 aromatic rings. The highest BCUT2D eigenvalue weighted by Crippen LogP contribution is 2.21. The largest absolute Gasteiger partial charge is 0.356 e. The van der Waals surface area contributed by atoms with Crippen molar-refractivity contribution in [3.63, 3.8) is 0 Å². The van der Waals surface area contributed by atoms with E-state index in [0.717, 1.165) is 24.6 Å². The summed E-state index contributed by atoms with van der Waals surface area (Å²) in [6, 6.07) is 6.05. The maximum atomic E-state index is 9.15. The first kappa shape index (κ1) is 11.9. The second-order valence-corrected chi connectivity index (χ2v) is 4.69. The molecule has 0 bridgehead atoms. The van der Waals surface area contributed by atoms with Crippen LogP contribution in [0.3, 0.4) is 0 Å². The van der Waals surface area contributed by atoms with Crippen LogP contribution in [0.5, 0.6) is 0 Å². The van der Waals surface area contributed by atoms with E-state index in [2.05, 4.69) is 16.0 Å². The normalized spacial score (nSPS) is 17.1. The highest BCUT2D eigenvalue weighted by atomic mass is 15.2. The van der Waals surface area contributed by atoms with Gasteiger partial charge in [0.25, 0.3) is 0 Å². The Bertz CT molecular complexity index is 412. The molecule has 3 nitrogen and oxygen atoms in total. The molecule has 0 unspecified atom stereocenters. The first-order chi connectivity index (χ1) is 8.31. The Morgan fingerprint density at radius 3 is 2.41 bits per heavy atom. The van der Waals surface area contributed by atoms with Gasteiger partial charge in [0.15, 0.2) is 0 Å². The average Bonchev–Trinajstić information content (AvgIpc) is 2.28. The molecule has 0 saturated carbocycles. The van der Waals surface area contributed by atoms with Gasteiger partial charge in [-0.25, -0.2) is 4.98 Å². The molecule has 2 rings (SSSR count). The zero-order chi connectivity index (χ0) is 12.1. The summed E-state index contributed by atoms with van der Waals surface area (Å²) in [6.07, 6.45) is 6.36. The van der Waals surface area contributed by atoms with Crippen molar-refractivity contribution in [2.24, 2.45) is 0 Å². The predicted octanol–water partition coefficient (Wildman–Crippen LogP) is 3.03. The molecule has 0 aromatic carbocycles. The molecule has 1 fully saturated rings. The zero-order valence-electron chi connectivity index (χ0n) is 10.4. The van der Waals surface area contributed by atoms with Crippen LogP contribution in [-0.2, 0) is 0 Å². The van der Waals surface area contributed by atoms with Gasteiger partial charge in [0.1, 0.15) is 11.9 Å². The predicted molar refractivity (Wildman–Crippen MR) is 69.0 cm³/mol. The number of anilines is 1. The summed E-state index contributed by atoms with van der Waals surface area (Å²) in [5.74, 6) is 0.884. The lowest BCUT2D eigenvalue weighted by Gasteiger charge is -2.26. The highest BCUT2D eigenvalue weighted by molar-refractivity contribution is 5.54. The number of rotatable bonds is 1. The fourth-order valence-corrected chi connectivity index (χ4v) is 2.33. The lowest BCUT2D eigenvalue weighted by molar-refractivity contribution is 0.553. The summed E-state index contributed by atoms with van der Waals surface area (Å²) < 4.78 is 0. The van der Waals surface area contributed by atoms with E-state index < -0.39 is 0 Å². The van der Waals surface area contributed by atoms with Gasteiger partial charge >= 0.3 is 0 Å². The van der Waals surface area contributed by atoms with E-state index in [4.69, 9.17) is 5.26 Å². The van der Waals surface area contributed by atoms with Gasteiger partial charge in [0.05, 0.1) is 5.56 Å². The molecule has 1 saturated heterocycles. The minimum atomic E-state index is 0.705. The molecule has 0 radical (unpaired) electrons. The standard InChI is InChI=1S/C14H19N3/c1-12-7-8-13(11-15)14(16-12)17-9-5-3-2-4-6-10-17/h7-8H,2-6,9-10H2,1H3. The molecule has 90 valence electrons. The van der Waals surface area contributed by atoms with Crippen molar-refractivity contribution in [1.82, 2.24) is 4.98 Å². The number of hydrogen-bond acceptors (Lipinski definition) is 3. The Morgan fingerprint density at radius 2 is 1.76 bits per heavy atom. The van der Waals surface area contributed by atoms with Crippen molar-refractivity contribution in [3.05, 3.63) is 23.4 Å². The lowest BCUT2D eigenvalue weighted by Crippen LogP contribution is -2.28. The third kappa shape index (κ3) is 2.97. The molecule has 3 heteroatoms. The average molecular weight is 229 g/mol. The van der Waals surface area contributed by atoms with Crippen LogP contribution in [0.15, 0.2) is 12.1 Å². The van der Waals surface area contributed by atoms with Gasteiger partial charge < -0.3 is 4.90 Å². The highest BCUT2D eigenvalue weighted by Gasteiger charge is 2.14. The first-order valence-corrected chi connectivity index (χ1v) is 6.44. The summed E-state index contributed by atoms with van der Waals surface area (Å²) >= 11 is 0. The number of aryl methyl sites for hydroxylation is 1. The molecule has 0 atom stereocenters. The van der Waals surface area contributed by atoms with E-state index in [1.165, 1.54) is 32.1 Å². The monoisotopic (exact) mass is 229 g/mol. The van der Waals surface area contributed by atoms with Crippen LogP contribution < -0.4 is 4.90 Å². The van der Waals surface area contributed by atoms with Crippen LogP contribution in [0.25, 0.3) is 0 Å². The van der Waals surface area contributed by atoms with Gasteiger partial charge in [0, 0.05) is 18.8 Å². The van der Waals surface area contributed by atoms with E-state index in [-0.39, 0.29) is 0 Å². The summed E-state index contributed by atoms with van der Waals surface area (Å²) in [4.78, 5) is 6.83. The van der Waals surface area contributed by atoms with E-state index in [9.17, 15) is 0 Å². The van der Waals surface area contributed by atoms with E-state index in [0.29, 0.717) is 5.56 Å². The molecule has 0 spiro atoms. The van der Waals surface area contributed by atoms with Crippen LogP contribution >= 0.6 is 0 Å². The van der Waals surface area contributed by atoms with Gasteiger partial charge in [0.2, 0.25) is 0 Å². The molecule has 17 heavy (non-hydrogen) atoms. The molecule has 2 heterocycles. The number of pyridine rings is 1. The van der Waals surface area contributed by atoms with Crippen LogP contribution in [0.1, 0.15) is 43.4 Å². The topological polar surface area (TPSA) is 39.9 Å². The van der Waals surface area contributed by atoms with Gasteiger partial charge in [-0.05, 0) is 31.9 Å². The molecule has 1 aliphatic heterocycles. The summed E-state index contributed by atoms with van der Waals surface area (Å²) in [5.41, 5.74) is 1.69. The molecule has 0 aliphatic carbocycles. The fraction of sp³-hybridized carbons (Fsp3) is 0.571. The van der Waals surface area contributed by atoms with E-state index >= 15 is 0 Å². The Hall–Kier alpha value is -1.56. The van der Waals surface area contributed by atoms with E-state index in [1.807, 2.05) is 19.1 Å². The third-order valence-electron chi connectivity index (χ3n) is 3.29. The summed E-state index contributed by atoms with van der Waals surface area (Å²) in [6.45, 7) is 4.05. The van der Waals surface area contributed by atoms with Gasteiger partial charge in [-0.3, -0.25) is 0 Å². The first-order valence-electron chi connectivity index (χ1n) is 6.44. The number of hydrogen-bond donors (Lipinski definition) is 0. The maximum absolute atomic E-state index is 9.15. The van der Waals surface area contributed by atoms with Crippen molar-refractivity contribution in [1.29, 1.82) is 5.26 Å². The fourth-order valence-electron chi connectivity index (χ4n) is 2.33. The van der Waals surface area contributed by atoms with Crippen LogP contribution in [-0.4, -0.2) is 18.1 Å². The maximum Gasteiger partial charge on any atom is 0.146 e. The minimum absolute atomic E-state index is 0.705. The molecule has 1 aromatic heterocycles. The molecule has 1 aliphatic rings. The zero-order valence-corrected chi connectivity index (χ0v) is 10.4. The SMILES string of the molecule is Cc1ccc(C#N)c(N2CCCCCCC2)n1. The van der Waals surface area contributed by atoms with Gasteiger partial charge in [-0.2, -0.15) is 5.26 Å². The Morgan fingerprint density at radius 1 is 1.12 bits per heavy atom. The van der Waals surface area contributed by atoms with Crippen molar-refractivity contribution in [2.45, 2.75) is 39.0 Å². The smallest absolute Gasteiger partial charge is 0.146 e. The van der Waals surface area contributed by atoms with Crippen LogP contribution in [0.2, 0.25) is 0 Å². The van der Waals surface area contributed by atoms with Crippen molar-refractivity contribution < 1.29 is 0 Å². The van der Waals surface area contributed by atoms with Crippen molar-refractivity contribution in [3.8, 4) is 6.07 Å².